The molecule has 0 unspecified atom stereocenters. The number of para-hydroxylation sites is 1. The van der Waals surface area contributed by atoms with Gasteiger partial charge in [-0.15, -0.1) is 11.3 Å². The Hall–Kier alpha value is -2.61. The van der Waals surface area contributed by atoms with E-state index in [-0.39, 0.29) is 22.9 Å². The Morgan fingerprint density at radius 1 is 1.32 bits per heavy atom. The number of nitrogens with zero attached hydrogens (tertiary/aromatic N) is 2. The smallest absolute Gasteiger partial charge is 0.387 e. The Morgan fingerprint density at radius 3 is 2.86 bits per heavy atom. The summed E-state index contributed by atoms with van der Waals surface area (Å²) in [6.07, 6.45) is 1.46. The van der Waals surface area contributed by atoms with Crippen LogP contribution >= 0.6 is 11.3 Å². The fourth-order valence-corrected chi connectivity index (χ4v) is 2.31. The van der Waals surface area contributed by atoms with Gasteiger partial charge in [0.25, 0.3) is 0 Å². The second kappa shape index (κ2) is 6.02. The van der Waals surface area contributed by atoms with Gasteiger partial charge < -0.3 is 9.47 Å². The van der Waals surface area contributed by atoms with Gasteiger partial charge in [0, 0.05) is 5.38 Å². The fraction of sp³-hybridized carbons (Fsp3) is 0.0714. The van der Waals surface area contributed by atoms with E-state index in [1.807, 2.05) is 0 Å². The maximum Gasteiger partial charge on any atom is 0.387 e. The molecule has 0 aliphatic carbocycles. The third-order valence-electron chi connectivity index (χ3n) is 2.69. The van der Waals surface area contributed by atoms with E-state index in [1.165, 1.54) is 35.6 Å². The standard InChI is InChI=1S/C14H8F2N2O3S/c15-14(16)20-11-4-2-1-3-9(11)12-18-10(13(19)21-12)5-8-6-22-7-17-8/h1-7,14H/b10-5+. The minimum Gasteiger partial charge on any atom is -0.434 e. The number of aliphatic imine (C=N–C) groups is 1. The van der Waals surface area contributed by atoms with Crippen LogP contribution < -0.4 is 4.74 Å². The van der Waals surface area contributed by atoms with Crippen molar-refractivity contribution in [1.29, 1.82) is 0 Å². The number of halogens is 2. The highest BCUT2D eigenvalue weighted by Crippen LogP contribution is 2.26. The highest BCUT2D eigenvalue weighted by molar-refractivity contribution is 7.07. The number of carbonyl (C=O) groups excluding carboxylic acids is 1. The van der Waals surface area contributed by atoms with E-state index in [0.29, 0.717) is 5.69 Å². The first-order valence-electron chi connectivity index (χ1n) is 6.08. The SMILES string of the molecule is O=C1OC(c2ccccc2OC(F)F)=N/C1=C/c1cscn1. The van der Waals surface area contributed by atoms with E-state index in [9.17, 15) is 13.6 Å². The lowest BCUT2D eigenvalue weighted by Crippen LogP contribution is -2.10. The van der Waals surface area contributed by atoms with Gasteiger partial charge in [0.1, 0.15) is 5.75 Å². The third-order valence-corrected chi connectivity index (χ3v) is 3.29. The number of esters is 1. The molecule has 0 N–H and O–H groups in total. The van der Waals surface area contributed by atoms with E-state index in [1.54, 1.807) is 17.0 Å². The fourth-order valence-electron chi connectivity index (χ4n) is 1.80. The zero-order valence-electron chi connectivity index (χ0n) is 10.9. The number of hydrogen-bond acceptors (Lipinski definition) is 6. The molecular formula is C14H8F2N2O3S. The molecule has 1 aliphatic rings. The van der Waals surface area contributed by atoms with Crippen LogP contribution in [0, 0.1) is 0 Å². The van der Waals surface area contributed by atoms with Gasteiger partial charge in [0.15, 0.2) is 5.70 Å². The number of ether oxygens (including phenoxy) is 2. The number of thiazole rings is 1. The van der Waals surface area contributed by atoms with Gasteiger partial charge >= 0.3 is 12.6 Å². The second-order valence-electron chi connectivity index (χ2n) is 4.12. The molecule has 1 aromatic carbocycles. The summed E-state index contributed by atoms with van der Waals surface area (Å²) >= 11 is 1.37. The van der Waals surface area contributed by atoms with Crippen LogP contribution in [0.4, 0.5) is 8.78 Å². The normalized spacial score (nSPS) is 16.0. The Morgan fingerprint density at radius 2 is 2.14 bits per heavy atom. The first-order chi connectivity index (χ1) is 10.6. The second-order valence-corrected chi connectivity index (χ2v) is 4.84. The van der Waals surface area contributed by atoms with Crippen molar-refractivity contribution >= 4 is 29.3 Å². The van der Waals surface area contributed by atoms with Gasteiger partial charge in [0.05, 0.1) is 16.8 Å². The summed E-state index contributed by atoms with van der Waals surface area (Å²) in [6, 6.07) is 5.96. The van der Waals surface area contributed by atoms with E-state index >= 15 is 0 Å². The molecule has 112 valence electrons. The molecule has 0 bridgehead atoms. The van der Waals surface area contributed by atoms with E-state index in [4.69, 9.17) is 4.74 Å². The van der Waals surface area contributed by atoms with Crippen LogP contribution in [-0.4, -0.2) is 23.5 Å². The molecule has 2 aromatic rings. The maximum atomic E-state index is 12.4. The first kappa shape index (κ1) is 14.3. The van der Waals surface area contributed by atoms with Crippen molar-refractivity contribution in [3.63, 3.8) is 0 Å². The molecule has 8 heteroatoms. The van der Waals surface area contributed by atoms with Gasteiger partial charge in [-0.1, -0.05) is 12.1 Å². The predicted octanol–water partition coefficient (Wildman–Crippen LogP) is 3.09. The minimum atomic E-state index is -2.98. The monoisotopic (exact) mass is 322 g/mol. The number of alkyl halides is 2. The van der Waals surface area contributed by atoms with Crippen LogP contribution in [0.2, 0.25) is 0 Å². The van der Waals surface area contributed by atoms with Crippen LogP contribution in [0.3, 0.4) is 0 Å². The topological polar surface area (TPSA) is 60.8 Å². The van der Waals surface area contributed by atoms with Gasteiger partial charge in [-0.05, 0) is 18.2 Å². The molecule has 1 aromatic heterocycles. The molecule has 1 aliphatic heterocycles. The molecule has 22 heavy (non-hydrogen) atoms. The van der Waals surface area contributed by atoms with E-state index in [2.05, 4.69) is 14.7 Å². The molecule has 0 atom stereocenters. The van der Waals surface area contributed by atoms with Crippen LogP contribution in [0.15, 0.2) is 45.8 Å². The summed E-state index contributed by atoms with van der Waals surface area (Å²) in [7, 11) is 0. The summed E-state index contributed by atoms with van der Waals surface area (Å²) < 4.78 is 34.2. The number of aromatic nitrogens is 1. The van der Waals surface area contributed by atoms with Crippen molar-refractivity contribution < 1.29 is 23.0 Å². The van der Waals surface area contributed by atoms with Crippen molar-refractivity contribution in [3.8, 4) is 5.75 Å². The number of carbonyl (C=O) groups is 1. The van der Waals surface area contributed by atoms with Crippen molar-refractivity contribution in [2.75, 3.05) is 0 Å². The minimum absolute atomic E-state index is 0.0488. The Kier molecular flexibility index (Phi) is 3.92. The van der Waals surface area contributed by atoms with Gasteiger partial charge in [0.2, 0.25) is 5.90 Å². The summed E-state index contributed by atoms with van der Waals surface area (Å²) in [6.45, 7) is -2.98. The summed E-state index contributed by atoms with van der Waals surface area (Å²) in [4.78, 5) is 19.8. The molecule has 0 saturated heterocycles. The van der Waals surface area contributed by atoms with Gasteiger partial charge in [-0.25, -0.2) is 14.8 Å². The molecular weight excluding hydrogens is 314 g/mol. The highest BCUT2D eigenvalue weighted by Gasteiger charge is 2.27. The molecule has 0 saturated carbocycles. The third kappa shape index (κ3) is 3.01. The summed E-state index contributed by atoms with van der Waals surface area (Å²) in [5.41, 5.74) is 2.41. The molecule has 2 heterocycles. The molecule has 0 radical (unpaired) electrons. The lowest BCUT2D eigenvalue weighted by Gasteiger charge is -2.08. The van der Waals surface area contributed by atoms with E-state index < -0.39 is 12.6 Å². The number of rotatable bonds is 4. The first-order valence-corrected chi connectivity index (χ1v) is 7.03. The Labute approximate surface area is 127 Å². The van der Waals surface area contributed by atoms with Crippen molar-refractivity contribution in [3.05, 3.63) is 52.1 Å². The average Bonchev–Trinajstić information content (AvgIpc) is 3.10. The lowest BCUT2D eigenvalue weighted by atomic mass is 10.2. The zero-order chi connectivity index (χ0) is 15.5. The highest BCUT2D eigenvalue weighted by atomic mass is 32.1. The molecule has 5 nitrogen and oxygen atoms in total. The predicted molar refractivity (Wildman–Crippen MR) is 75.8 cm³/mol. The van der Waals surface area contributed by atoms with Crippen molar-refractivity contribution in [1.82, 2.24) is 4.98 Å². The van der Waals surface area contributed by atoms with Crippen LogP contribution in [0.25, 0.3) is 6.08 Å². The molecule has 3 rings (SSSR count). The van der Waals surface area contributed by atoms with Crippen LogP contribution in [0.1, 0.15) is 11.3 Å². The van der Waals surface area contributed by atoms with Crippen LogP contribution in [0.5, 0.6) is 5.75 Å². The van der Waals surface area contributed by atoms with Gasteiger partial charge in [-0.2, -0.15) is 8.78 Å². The largest absolute Gasteiger partial charge is 0.434 e. The summed E-state index contributed by atoms with van der Waals surface area (Å²) in [5.74, 6) is -0.864. The Bertz CT molecular complexity index is 757. The molecule has 0 spiro atoms. The quantitative estimate of drug-likeness (QED) is 0.641. The maximum absolute atomic E-state index is 12.4. The van der Waals surface area contributed by atoms with Gasteiger partial charge in [-0.3, -0.25) is 0 Å². The van der Waals surface area contributed by atoms with Crippen LogP contribution in [-0.2, 0) is 9.53 Å². The average molecular weight is 322 g/mol. The van der Waals surface area contributed by atoms with Crippen molar-refractivity contribution in [2.24, 2.45) is 4.99 Å². The molecule has 0 fully saturated rings. The van der Waals surface area contributed by atoms with Crippen molar-refractivity contribution in [2.45, 2.75) is 6.61 Å². The zero-order valence-corrected chi connectivity index (χ0v) is 11.7. The summed E-state index contributed by atoms with van der Waals surface area (Å²) in [5, 5.41) is 1.74. The number of benzene rings is 1. The number of cyclic esters (lactones) is 1. The van der Waals surface area contributed by atoms with E-state index in [0.717, 1.165) is 0 Å². The Balaban J connectivity index is 1.95. The molecule has 0 amide bonds. The lowest BCUT2D eigenvalue weighted by molar-refractivity contribution is -0.129. The number of hydrogen-bond donors (Lipinski definition) is 0.